The van der Waals surface area contributed by atoms with E-state index in [0.717, 1.165) is 22.6 Å². The molecule has 4 heteroatoms. The quantitative estimate of drug-likeness (QED) is 0.890. The maximum Gasteiger partial charge on any atom is 0.0694 e. The molecule has 2 N–H and O–H groups in total. The van der Waals surface area contributed by atoms with Crippen LogP contribution in [-0.4, -0.2) is 9.78 Å². The summed E-state index contributed by atoms with van der Waals surface area (Å²) < 4.78 is 1.93. The molecule has 0 radical (unpaired) electrons. The fraction of sp³-hybridized carbons (Fsp3) is 0.308. The molecule has 2 rings (SSSR count). The van der Waals surface area contributed by atoms with E-state index in [9.17, 15) is 0 Å². The van der Waals surface area contributed by atoms with Crippen LogP contribution in [0, 0.1) is 20.8 Å². The van der Waals surface area contributed by atoms with Crippen LogP contribution in [0.3, 0.4) is 0 Å². The minimum absolute atomic E-state index is 0.452. The molecule has 1 heterocycles. The molecule has 0 atom stereocenters. The van der Waals surface area contributed by atoms with Gasteiger partial charge in [0.25, 0.3) is 0 Å². The molecule has 90 valence electrons. The minimum Gasteiger partial charge on any atom is -0.326 e. The van der Waals surface area contributed by atoms with Gasteiger partial charge in [-0.2, -0.15) is 5.10 Å². The normalized spacial score (nSPS) is 10.9. The summed E-state index contributed by atoms with van der Waals surface area (Å²) in [5.74, 6) is 0. The number of aryl methyl sites for hydroxylation is 1. The molecular weight excluding hydrogens is 234 g/mol. The average Bonchev–Trinajstić information content (AvgIpc) is 2.57. The Morgan fingerprint density at radius 3 is 2.53 bits per heavy atom. The van der Waals surface area contributed by atoms with Crippen molar-refractivity contribution >= 4 is 11.6 Å². The van der Waals surface area contributed by atoms with Gasteiger partial charge in [0.1, 0.15) is 0 Å². The van der Waals surface area contributed by atoms with E-state index in [1.54, 1.807) is 0 Å². The third kappa shape index (κ3) is 2.08. The average molecular weight is 250 g/mol. The number of benzene rings is 1. The number of halogens is 1. The van der Waals surface area contributed by atoms with Gasteiger partial charge in [0.15, 0.2) is 0 Å². The summed E-state index contributed by atoms with van der Waals surface area (Å²) in [5.41, 5.74) is 11.2. The lowest BCUT2D eigenvalue weighted by molar-refractivity contribution is 0.817. The van der Waals surface area contributed by atoms with Gasteiger partial charge in [0.05, 0.1) is 11.4 Å². The second-order valence-electron chi connectivity index (χ2n) is 4.18. The Balaban J connectivity index is 2.64. The molecule has 0 bridgehead atoms. The van der Waals surface area contributed by atoms with Crippen LogP contribution in [0.2, 0.25) is 5.02 Å². The fourth-order valence-electron chi connectivity index (χ4n) is 1.88. The first-order valence-corrected chi connectivity index (χ1v) is 5.94. The number of hydrogen-bond acceptors (Lipinski definition) is 2. The molecule has 1 aromatic carbocycles. The Kier molecular flexibility index (Phi) is 3.22. The van der Waals surface area contributed by atoms with Crippen molar-refractivity contribution in [3.05, 3.63) is 45.7 Å². The molecule has 0 saturated heterocycles. The molecule has 0 amide bonds. The van der Waals surface area contributed by atoms with Crippen LogP contribution in [0.1, 0.15) is 22.5 Å². The molecule has 1 aromatic heterocycles. The maximum absolute atomic E-state index is 5.97. The van der Waals surface area contributed by atoms with Gasteiger partial charge >= 0.3 is 0 Å². The van der Waals surface area contributed by atoms with Crippen molar-refractivity contribution in [2.75, 3.05) is 0 Å². The minimum atomic E-state index is 0.452. The van der Waals surface area contributed by atoms with E-state index in [-0.39, 0.29) is 0 Å². The number of hydrogen-bond donors (Lipinski definition) is 1. The highest BCUT2D eigenvalue weighted by molar-refractivity contribution is 6.30. The van der Waals surface area contributed by atoms with Gasteiger partial charge in [-0.05, 0) is 50.1 Å². The summed E-state index contributed by atoms with van der Waals surface area (Å²) in [6, 6.07) is 5.72. The Morgan fingerprint density at radius 1 is 1.29 bits per heavy atom. The van der Waals surface area contributed by atoms with Crippen LogP contribution < -0.4 is 5.73 Å². The van der Waals surface area contributed by atoms with Gasteiger partial charge in [-0.15, -0.1) is 0 Å². The molecule has 2 aromatic rings. The Hall–Kier alpha value is -1.32. The van der Waals surface area contributed by atoms with Crippen molar-refractivity contribution in [2.45, 2.75) is 27.3 Å². The molecule has 0 aliphatic rings. The predicted molar refractivity (Wildman–Crippen MR) is 70.7 cm³/mol. The van der Waals surface area contributed by atoms with E-state index in [1.807, 2.05) is 29.8 Å². The summed E-state index contributed by atoms with van der Waals surface area (Å²) in [5, 5.41) is 5.24. The maximum atomic E-state index is 5.97. The van der Waals surface area contributed by atoms with Crippen LogP contribution in [-0.2, 0) is 6.54 Å². The Bertz CT molecular complexity index is 558. The highest BCUT2D eigenvalue weighted by Crippen LogP contribution is 2.22. The molecule has 0 unspecified atom stereocenters. The van der Waals surface area contributed by atoms with Crippen molar-refractivity contribution in [3.8, 4) is 5.69 Å². The van der Waals surface area contributed by atoms with E-state index in [0.29, 0.717) is 11.6 Å². The monoisotopic (exact) mass is 249 g/mol. The summed E-state index contributed by atoms with van der Waals surface area (Å²) in [6.07, 6.45) is 0. The standard InChI is InChI=1S/C13H16ClN3/c1-8-9(2)16-17(10(8)3)13-5-4-12(14)6-11(13)7-15/h4-6H,7,15H2,1-3H3. The zero-order chi connectivity index (χ0) is 12.6. The van der Waals surface area contributed by atoms with Gasteiger partial charge in [0, 0.05) is 17.3 Å². The smallest absolute Gasteiger partial charge is 0.0694 e. The van der Waals surface area contributed by atoms with Gasteiger partial charge in [-0.1, -0.05) is 11.6 Å². The van der Waals surface area contributed by atoms with Gasteiger partial charge < -0.3 is 5.73 Å². The fourth-order valence-corrected chi connectivity index (χ4v) is 2.07. The first kappa shape index (κ1) is 12.1. The van der Waals surface area contributed by atoms with Crippen LogP contribution in [0.4, 0.5) is 0 Å². The van der Waals surface area contributed by atoms with Crippen LogP contribution in [0.5, 0.6) is 0 Å². The third-order valence-corrected chi connectivity index (χ3v) is 3.38. The first-order valence-electron chi connectivity index (χ1n) is 5.56. The molecule has 0 saturated carbocycles. The molecule has 3 nitrogen and oxygen atoms in total. The summed E-state index contributed by atoms with van der Waals surface area (Å²) in [4.78, 5) is 0. The molecule has 17 heavy (non-hydrogen) atoms. The van der Waals surface area contributed by atoms with Crippen molar-refractivity contribution in [2.24, 2.45) is 5.73 Å². The highest BCUT2D eigenvalue weighted by atomic mass is 35.5. The SMILES string of the molecule is Cc1nn(-c2ccc(Cl)cc2CN)c(C)c1C. The zero-order valence-electron chi connectivity index (χ0n) is 10.3. The Labute approximate surface area is 106 Å². The number of rotatable bonds is 2. The molecule has 0 fully saturated rings. The third-order valence-electron chi connectivity index (χ3n) is 3.14. The van der Waals surface area contributed by atoms with Gasteiger partial charge in [0.2, 0.25) is 0 Å². The van der Waals surface area contributed by atoms with E-state index in [2.05, 4.69) is 18.9 Å². The molecule has 0 aliphatic carbocycles. The lowest BCUT2D eigenvalue weighted by atomic mass is 10.1. The Morgan fingerprint density at radius 2 is 2.00 bits per heavy atom. The lowest BCUT2D eigenvalue weighted by Gasteiger charge is -2.10. The largest absolute Gasteiger partial charge is 0.326 e. The summed E-state index contributed by atoms with van der Waals surface area (Å²) in [7, 11) is 0. The van der Waals surface area contributed by atoms with E-state index in [4.69, 9.17) is 17.3 Å². The van der Waals surface area contributed by atoms with Crippen molar-refractivity contribution in [3.63, 3.8) is 0 Å². The van der Waals surface area contributed by atoms with Crippen molar-refractivity contribution in [1.82, 2.24) is 9.78 Å². The van der Waals surface area contributed by atoms with Gasteiger partial charge in [-0.25, -0.2) is 4.68 Å². The van der Waals surface area contributed by atoms with E-state index < -0.39 is 0 Å². The van der Waals surface area contributed by atoms with Crippen molar-refractivity contribution < 1.29 is 0 Å². The number of nitrogens with zero attached hydrogens (tertiary/aromatic N) is 2. The first-order chi connectivity index (χ1) is 8.04. The second-order valence-corrected chi connectivity index (χ2v) is 4.62. The van der Waals surface area contributed by atoms with Gasteiger partial charge in [-0.3, -0.25) is 0 Å². The predicted octanol–water partition coefficient (Wildman–Crippen LogP) is 2.91. The second kappa shape index (κ2) is 4.51. The van der Waals surface area contributed by atoms with Crippen LogP contribution in [0.25, 0.3) is 5.69 Å². The molecule has 0 aliphatic heterocycles. The zero-order valence-corrected chi connectivity index (χ0v) is 11.0. The topological polar surface area (TPSA) is 43.8 Å². The van der Waals surface area contributed by atoms with Crippen LogP contribution >= 0.6 is 11.6 Å². The number of nitrogens with two attached hydrogens (primary N) is 1. The lowest BCUT2D eigenvalue weighted by Crippen LogP contribution is -2.07. The summed E-state index contributed by atoms with van der Waals surface area (Å²) >= 11 is 5.97. The molecular formula is C13H16ClN3. The van der Waals surface area contributed by atoms with E-state index >= 15 is 0 Å². The van der Waals surface area contributed by atoms with Crippen molar-refractivity contribution in [1.29, 1.82) is 0 Å². The highest BCUT2D eigenvalue weighted by Gasteiger charge is 2.11. The number of aromatic nitrogens is 2. The summed E-state index contributed by atoms with van der Waals surface area (Å²) in [6.45, 7) is 6.60. The van der Waals surface area contributed by atoms with Crippen LogP contribution in [0.15, 0.2) is 18.2 Å². The van der Waals surface area contributed by atoms with E-state index in [1.165, 1.54) is 5.56 Å². The molecule has 0 spiro atoms.